The average molecular weight is 271 g/mol. The van der Waals surface area contributed by atoms with E-state index in [1.165, 1.54) is 11.8 Å². The Morgan fingerprint density at radius 1 is 1.32 bits per heavy atom. The Labute approximate surface area is 112 Å². The standard InChI is InChI=1S/C13H9N3O2S/c17-12(18)10-7-8-3-1-2-4-9(8)11(16-10)19-13-14-5-6-15-13/h1-7H,(H,14,15)(H,17,18). The maximum atomic E-state index is 11.1. The summed E-state index contributed by atoms with van der Waals surface area (Å²) in [6, 6.07) is 9.13. The van der Waals surface area contributed by atoms with E-state index in [4.69, 9.17) is 5.11 Å². The number of imidazole rings is 1. The number of aromatic amines is 1. The highest BCUT2D eigenvalue weighted by atomic mass is 32.2. The highest BCUT2D eigenvalue weighted by Crippen LogP contribution is 2.30. The molecule has 5 nitrogen and oxygen atoms in total. The van der Waals surface area contributed by atoms with Gasteiger partial charge in [0.05, 0.1) is 0 Å². The first kappa shape index (κ1) is 11.7. The van der Waals surface area contributed by atoms with Crippen molar-refractivity contribution in [3.05, 3.63) is 48.4 Å². The van der Waals surface area contributed by atoms with Gasteiger partial charge in [0.2, 0.25) is 0 Å². The van der Waals surface area contributed by atoms with Crippen molar-refractivity contribution < 1.29 is 9.90 Å². The van der Waals surface area contributed by atoms with Crippen LogP contribution in [-0.4, -0.2) is 26.0 Å². The Bertz CT molecular complexity index is 741. The molecular weight excluding hydrogens is 262 g/mol. The first-order valence-corrected chi connectivity index (χ1v) is 6.36. The van der Waals surface area contributed by atoms with Crippen LogP contribution >= 0.6 is 11.8 Å². The number of fused-ring (bicyclic) bond motifs is 1. The van der Waals surface area contributed by atoms with Crippen molar-refractivity contribution >= 4 is 28.5 Å². The van der Waals surface area contributed by atoms with Gasteiger partial charge in [-0.25, -0.2) is 14.8 Å². The lowest BCUT2D eigenvalue weighted by Crippen LogP contribution is -2.01. The lowest BCUT2D eigenvalue weighted by atomic mass is 10.1. The molecule has 0 bridgehead atoms. The first-order chi connectivity index (χ1) is 9.24. The highest BCUT2D eigenvalue weighted by Gasteiger charge is 2.12. The van der Waals surface area contributed by atoms with Gasteiger partial charge < -0.3 is 10.1 Å². The number of carboxylic acid groups (broad SMARTS) is 1. The van der Waals surface area contributed by atoms with Crippen LogP contribution in [-0.2, 0) is 0 Å². The molecule has 2 heterocycles. The summed E-state index contributed by atoms with van der Waals surface area (Å²) in [5, 5.41) is 12.2. The van der Waals surface area contributed by atoms with Crippen LogP contribution in [0.15, 0.2) is 52.9 Å². The highest BCUT2D eigenvalue weighted by molar-refractivity contribution is 7.99. The summed E-state index contributed by atoms with van der Waals surface area (Å²) in [6.45, 7) is 0. The molecule has 0 spiro atoms. The Kier molecular flexibility index (Phi) is 2.92. The molecule has 3 rings (SSSR count). The minimum Gasteiger partial charge on any atom is -0.477 e. The molecule has 0 saturated heterocycles. The molecule has 0 aliphatic rings. The lowest BCUT2D eigenvalue weighted by Gasteiger charge is -2.05. The largest absolute Gasteiger partial charge is 0.477 e. The fourth-order valence-corrected chi connectivity index (χ4v) is 2.62. The molecule has 3 aromatic rings. The number of pyridine rings is 1. The topological polar surface area (TPSA) is 78.9 Å². The normalized spacial score (nSPS) is 10.7. The van der Waals surface area contributed by atoms with E-state index in [0.29, 0.717) is 10.2 Å². The number of nitrogens with zero attached hydrogens (tertiary/aromatic N) is 2. The molecule has 2 aromatic heterocycles. The van der Waals surface area contributed by atoms with Gasteiger partial charge in [0.25, 0.3) is 0 Å². The van der Waals surface area contributed by atoms with E-state index in [2.05, 4.69) is 15.0 Å². The fourth-order valence-electron chi connectivity index (χ4n) is 1.75. The maximum Gasteiger partial charge on any atom is 0.354 e. The Balaban J connectivity index is 2.17. The van der Waals surface area contributed by atoms with Gasteiger partial charge >= 0.3 is 5.97 Å². The maximum absolute atomic E-state index is 11.1. The predicted octanol–water partition coefficient (Wildman–Crippen LogP) is 2.81. The summed E-state index contributed by atoms with van der Waals surface area (Å²) in [6.07, 6.45) is 3.36. The second-order valence-corrected chi connectivity index (χ2v) is 4.81. The lowest BCUT2D eigenvalue weighted by molar-refractivity contribution is 0.0690. The van der Waals surface area contributed by atoms with Crippen LogP contribution in [0.2, 0.25) is 0 Å². The van der Waals surface area contributed by atoms with E-state index in [1.807, 2.05) is 24.3 Å². The third kappa shape index (κ3) is 2.30. The van der Waals surface area contributed by atoms with Crippen LogP contribution in [0.5, 0.6) is 0 Å². The molecule has 0 aliphatic carbocycles. The van der Waals surface area contributed by atoms with E-state index in [9.17, 15) is 4.79 Å². The minimum atomic E-state index is -1.04. The van der Waals surface area contributed by atoms with Crippen LogP contribution in [0.3, 0.4) is 0 Å². The van der Waals surface area contributed by atoms with Crippen LogP contribution in [0, 0.1) is 0 Å². The number of H-pyrrole nitrogens is 1. The quantitative estimate of drug-likeness (QED) is 0.765. The number of hydrogen-bond acceptors (Lipinski definition) is 4. The third-order valence-electron chi connectivity index (χ3n) is 2.59. The second-order valence-electron chi connectivity index (χ2n) is 3.84. The van der Waals surface area contributed by atoms with Crippen LogP contribution in [0.4, 0.5) is 0 Å². The molecular formula is C13H9N3O2S. The number of rotatable bonds is 3. The van der Waals surface area contributed by atoms with Gasteiger partial charge in [-0.2, -0.15) is 0 Å². The summed E-state index contributed by atoms with van der Waals surface area (Å²) in [5.41, 5.74) is 0.0350. The van der Waals surface area contributed by atoms with Gasteiger partial charge in [-0.05, 0) is 23.2 Å². The predicted molar refractivity (Wildman–Crippen MR) is 71.4 cm³/mol. The molecule has 94 valence electrons. The van der Waals surface area contributed by atoms with Crippen LogP contribution < -0.4 is 0 Å². The molecule has 19 heavy (non-hydrogen) atoms. The van der Waals surface area contributed by atoms with Crippen molar-refractivity contribution in [1.29, 1.82) is 0 Å². The van der Waals surface area contributed by atoms with Crippen molar-refractivity contribution in [1.82, 2.24) is 15.0 Å². The van der Waals surface area contributed by atoms with Gasteiger partial charge in [0, 0.05) is 17.8 Å². The van der Waals surface area contributed by atoms with Crippen molar-refractivity contribution in [2.75, 3.05) is 0 Å². The van der Waals surface area contributed by atoms with Gasteiger partial charge in [0.15, 0.2) is 5.16 Å². The molecule has 0 unspecified atom stereocenters. The van der Waals surface area contributed by atoms with E-state index >= 15 is 0 Å². The average Bonchev–Trinajstić information content (AvgIpc) is 2.91. The summed E-state index contributed by atoms with van der Waals surface area (Å²) >= 11 is 1.31. The Morgan fingerprint density at radius 2 is 2.16 bits per heavy atom. The second kappa shape index (κ2) is 4.74. The molecule has 0 radical (unpaired) electrons. The summed E-state index contributed by atoms with van der Waals surface area (Å²) in [4.78, 5) is 22.4. The molecule has 2 N–H and O–H groups in total. The number of aromatic carboxylic acids is 1. The van der Waals surface area contributed by atoms with Gasteiger partial charge in [0.1, 0.15) is 10.7 Å². The minimum absolute atomic E-state index is 0.0350. The molecule has 0 amide bonds. The van der Waals surface area contributed by atoms with Gasteiger partial charge in [-0.1, -0.05) is 24.3 Å². The van der Waals surface area contributed by atoms with E-state index < -0.39 is 5.97 Å². The van der Waals surface area contributed by atoms with Crippen molar-refractivity contribution in [3.63, 3.8) is 0 Å². The zero-order valence-corrected chi connectivity index (χ0v) is 10.5. The summed E-state index contributed by atoms with van der Waals surface area (Å²) < 4.78 is 0. The van der Waals surface area contributed by atoms with E-state index in [1.54, 1.807) is 18.5 Å². The Hall–Kier alpha value is -2.34. The van der Waals surface area contributed by atoms with E-state index in [0.717, 1.165) is 10.8 Å². The molecule has 1 aromatic carbocycles. The van der Waals surface area contributed by atoms with Crippen LogP contribution in [0.25, 0.3) is 10.8 Å². The monoisotopic (exact) mass is 271 g/mol. The molecule has 0 atom stereocenters. The summed E-state index contributed by atoms with van der Waals surface area (Å²) in [7, 11) is 0. The number of carbonyl (C=O) groups is 1. The van der Waals surface area contributed by atoms with Crippen LogP contribution in [0.1, 0.15) is 10.5 Å². The molecule has 0 fully saturated rings. The molecule has 0 saturated carbocycles. The third-order valence-corrected chi connectivity index (χ3v) is 3.51. The van der Waals surface area contributed by atoms with Gasteiger partial charge in [-0.15, -0.1) is 0 Å². The number of benzene rings is 1. The number of carboxylic acids is 1. The number of nitrogens with one attached hydrogen (secondary N) is 1. The zero-order chi connectivity index (χ0) is 13.2. The molecule has 0 aliphatic heterocycles. The fraction of sp³-hybridized carbons (Fsp3) is 0. The Morgan fingerprint density at radius 3 is 2.89 bits per heavy atom. The van der Waals surface area contributed by atoms with Crippen molar-refractivity contribution in [3.8, 4) is 0 Å². The number of hydrogen-bond donors (Lipinski definition) is 2. The summed E-state index contributed by atoms with van der Waals surface area (Å²) in [5.74, 6) is -1.04. The molecule has 6 heteroatoms. The smallest absolute Gasteiger partial charge is 0.354 e. The first-order valence-electron chi connectivity index (χ1n) is 5.54. The SMILES string of the molecule is O=C(O)c1cc2ccccc2c(Sc2ncc[nH]2)n1. The zero-order valence-electron chi connectivity index (χ0n) is 9.70. The van der Waals surface area contributed by atoms with Crippen molar-refractivity contribution in [2.45, 2.75) is 10.2 Å². The van der Waals surface area contributed by atoms with E-state index in [-0.39, 0.29) is 5.69 Å². The van der Waals surface area contributed by atoms with Gasteiger partial charge in [-0.3, -0.25) is 0 Å². The number of aromatic nitrogens is 3. The van der Waals surface area contributed by atoms with Crippen molar-refractivity contribution in [2.24, 2.45) is 0 Å².